The molecule has 2 aromatic heterocycles. The second-order valence-electron chi connectivity index (χ2n) is 6.63. The molecule has 0 aliphatic heterocycles. The first-order valence-electron chi connectivity index (χ1n) is 9.29. The van der Waals surface area contributed by atoms with Crippen LogP contribution < -0.4 is 9.47 Å². The minimum absolute atomic E-state index is 0.0171. The number of rotatable bonds is 8. The SMILES string of the molecule is CCC(CF)c1ncc(-c2ccc(OCc3ccc(C(F)(F)F)cn3)c(OC)c2)[nH]1. The Morgan fingerprint density at radius 2 is 1.87 bits per heavy atom. The fourth-order valence-corrected chi connectivity index (χ4v) is 2.85. The quantitative estimate of drug-likeness (QED) is 0.483. The molecule has 0 saturated carbocycles. The number of hydrogen-bond donors (Lipinski definition) is 1. The largest absolute Gasteiger partial charge is 0.493 e. The standard InChI is InChI=1S/C21H21F4N3O2/c1-3-13(9-22)20-27-11-17(28-20)14-4-7-18(19(8-14)29-2)30-12-16-6-5-15(10-26-16)21(23,24)25/h4-8,10-11,13H,3,9,12H2,1-2H3,(H,27,28). The van der Waals surface area contributed by atoms with Gasteiger partial charge in [-0.15, -0.1) is 0 Å². The number of methoxy groups -OCH3 is 1. The summed E-state index contributed by atoms with van der Waals surface area (Å²) in [6.07, 6.45) is -1.39. The van der Waals surface area contributed by atoms with Crippen molar-refractivity contribution in [3.8, 4) is 22.8 Å². The molecule has 1 unspecified atom stereocenters. The molecule has 0 fully saturated rings. The van der Waals surface area contributed by atoms with Gasteiger partial charge >= 0.3 is 6.18 Å². The number of imidazole rings is 1. The van der Waals surface area contributed by atoms with Gasteiger partial charge in [-0.1, -0.05) is 6.92 Å². The molecule has 30 heavy (non-hydrogen) atoms. The van der Waals surface area contributed by atoms with Crippen molar-refractivity contribution in [2.45, 2.75) is 32.0 Å². The van der Waals surface area contributed by atoms with Crippen molar-refractivity contribution < 1.29 is 27.0 Å². The van der Waals surface area contributed by atoms with Gasteiger partial charge in [0.2, 0.25) is 0 Å². The first-order valence-corrected chi connectivity index (χ1v) is 9.29. The summed E-state index contributed by atoms with van der Waals surface area (Å²) in [5.74, 6) is 1.16. The Kier molecular flexibility index (Phi) is 6.59. The van der Waals surface area contributed by atoms with E-state index in [-0.39, 0.29) is 12.5 Å². The van der Waals surface area contributed by atoms with Crippen LogP contribution >= 0.6 is 0 Å². The van der Waals surface area contributed by atoms with Gasteiger partial charge in [0.05, 0.1) is 36.9 Å². The van der Waals surface area contributed by atoms with Crippen molar-refractivity contribution in [3.63, 3.8) is 0 Å². The monoisotopic (exact) mass is 423 g/mol. The number of H-pyrrole nitrogens is 1. The third kappa shape index (κ3) is 4.90. The molecule has 0 radical (unpaired) electrons. The van der Waals surface area contributed by atoms with Crippen molar-refractivity contribution in [3.05, 3.63) is 59.8 Å². The Balaban J connectivity index is 1.73. The van der Waals surface area contributed by atoms with E-state index in [1.54, 1.807) is 24.4 Å². The highest BCUT2D eigenvalue weighted by atomic mass is 19.4. The summed E-state index contributed by atoms with van der Waals surface area (Å²) < 4.78 is 62.0. The number of alkyl halides is 4. The minimum atomic E-state index is -4.43. The van der Waals surface area contributed by atoms with Crippen molar-refractivity contribution in [1.29, 1.82) is 0 Å². The van der Waals surface area contributed by atoms with Gasteiger partial charge < -0.3 is 14.5 Å². The van der Waals surface area contributed by atoms with Crippen LogP contribution in [0.25, 0.3) is 11.3 Å². The second-order valence-corrected chi connectivity index (χ2v) is 6.63. The fraction of sp³-hybridized carbons (Fsp3) is 0.333. The maximum Gasteiger partial charge on any atom is 0.417 e. The van der Waals surface area contributed by atoms with Gasteiger partial charge in [0.15, 0.2) is 11.5 Å². The van der Waals surface area contributed by atoms with Crippen LogP contribution in [0.15, 0.2) is 42.7 Å². The number of pyridine rings is 1. The van der Waals surface area contributed by atoms with E-state index in [9.17, 15) is 17.6 Å². The summed E-state index contributed by atoms with van der Waals surface area (Å²) in [6.45, 7) is 1.39. The number of nitrogens with zero attached hydrogens (tertiary/aromatic N) is 2. The Hall–Kier alpha value is -3.10. The van der Waals surface area contributed by atoms with E-state index < -0.39 is 18.4 Å². The van der Waals surface area contributed by atoms with E-state index in [1.807, 2.05) is 6.92 Å². The average molecular weight is 423 g/mol. The zero-order valence-corrected chi connectivity index (χ0v) is 16.5. The van der Waals surface area contributed by atoms with Crippen molar-refractivity contribution in [2.75, 3.05) is 13.8 Å². The molecule has 1 N–H and O–H groups in total. The molecule has 5 nitrogen and oxygen atoms in total. The van der Waals surface area contributed by atoms with Gasteiger partial charge in [-0.2, -0.15) is 13.2 Å². The van der Waals surface area contributed by atoms with Crippen molar-refractivity contribution >= 4 is 0 Å². The minimum Gasteiger partial charge on any atom is -0.493 e. The predicted molar refractivity (Wildman–Crippen MR) is 103 cm³/mol. The number of halogens is 4. The summed E-state index contributed by atoms with van der Waals surface area (Å²) in [5.41, 5.74) is 1.03. The van der Waals surface area contributed by atoms with Crippen LogP contribution in [-0.4, -0.2) is 28.7 Å². The number of nitrogens with one attached hydrogen (secondary N) is 1. The van der Waals surface area contributed by atoms with E-state index >= 15 is 0 Å². The van der Waals surface area contributed by atoms with Crippen LogP contribution in [0.4, 0.5) is 17.6 Å². The van der Waals surface area contributed by atoms with Crippen LogP contribution in [0.3, 0.4) is 0 Å². The molecule has 0 amide bonds. The number of hydrogen-bond acceptors (Lipinski definition) is 4. The van der Waals surface area contributed by atoms with E-state index in [0.717, 1.165) is 17.8 Å². The number of aromatic nitrogens is 3. The molecule has 0 saturated heterocycles. The summed E-state index contributed by atoms with van der Waals surface area (Å²) >= 11 is 0. The molecular formula is C21H21F4N3O2. The molecular weight excluding hydrogens is 402 g/mol. The van der Waals surface area contributed by atoms with Gasteiger partial charge in [0.25, 0.3) is 0 Å². The van der Waals surface area contributed by atoms with Crippen molar-refractivity contribution in [1.82, 2.24) is 15.0 Å². The highest BCUT2D eigenvalue weighted by Gasteiger charge is 2.30. The summed E-state index contributed by atoms with van der Waals surface area (Å²) in [7, 11) is 1.48. The van der Waals surface area contributed by atoms with E-state index in [4.69, 9.17) is 9.47 Å². The first kappa shape index (κ1) is 21.6. The molecule has 0 aliphatic carbocycles. The van der Waals surface area contributed by atoms with E-state index in [1.165, 1.54) is 13.2 Å². The average Bonchev–Trinajstić information content (AvgIpc) is 3.22. The molecule has 0 aliphatic rings. The lowest BCUT2D eigenvalue weighted by atomic mass is 10.1. The third-order valence-corrected chi connectivity index (χ3v) is 4.66. The fourth-order valence-electron chi connectivity index (χ4n) is 2.85. The van der Waals surface area contributed by atoms with Crippen LogP contribution in [0.2, 0.25) is 0 Å². The Morgan fingerprint density at radius 3 is 2.47 bits per heavy atom. The van der Waals surface area contributed by atoms with E-state index in [2.05, 4.69) is 15.0 Å². The molecule has 1 aromatic carbocycles. The maximum atomic E-state index is 13.1. The molecule has 160 valence electrons. The molecule has 2 heterocycles. The smallest absolute Gasteiger partial charge is 0.417 e. The van der Waals surface area contributed by atoms with Gasteiger partial charge in [0, 0.05) is 17.7 Å². The van der Waals surface area contributed by atoms with Crippen LogP contribution in [0, 0.1) is 0 Å². The van der Waals surface area contributed by atoms with Crippen LogP contribution in [0.5, 0.6) is 11.5 Å². The molecule has 0 spiro atoms. The summed E-state index contributed by atoms with van der Waals surface area (Å²) in [5, 5.41) is 0. The Morgan fingerprint density at radius 1 is 1.07 bits per heavy atom. The van der Waals surface area contributed by atoms with Gasteiger partial charge in [-0.25, -0.2) is 4.98 Å². The van der Waals surface area contributed by atoms with Gasteiger partial charge in [-0.05, 0) is 36.8 Å². The molecule has 9 heteroatoms. The first-order chi connectivity index (χ1) is 14.4. The summed E-state index contributed by atoms with van der Waals surface area (Å²) in [4.78, 5) is 11.2. The van der Waals surface area contributed by atoms with Crippen molar-refractivity contribution in [2.24, 2.45) is 0 Å². The highest BCUT2D eigenvalue weighted by molar-refractivity contribution is 5.63. The molecule has 0 bridgehead atoms. The maximum absolute atomic E-state index is 13.1. The predicted octanol–water partition coefficient (Wildman–Crippen LogP) is 5.54. The molecule has 1 atom stereocenters. The zero-order valence-electron chi connectivity index (χ0n) is 16.5. The van der Waals surface area contributed by atoms with Crippen LogP contribution in [0.1, 0.15) is 36.3 Å². The molecule has 3 rings (SSSR count). The number of benzene rings is 1. The Labute approximate surface area is 171 Å². The number of ether oxygens (including phenoxy) is 2. The van der Waals surface area contributed by atoms with E-state index in [0.29, 0.717) is 35.1 Å². The summed E-state index contributed by atoms with van der Waals surface area (Å²) in [6, 6.07) is 7.44. The Bertz CT molecular complexity index is 967. The number of aromatic amines is 1. The molecule has 3 aromatic rings. The lowest BCUT2D eigenvalue weighted by Gasteiger charge is -2.12. The lowest BCUT2D eigenvalue weighted by Crippen LogP contribution is -2.07. The second kappa shape index (κ2) is 9.15. The zero-order chi connectivity index (χ0) is 21.7. The van der Waals surface area contributed by atoms with Gasteiger partial charge in [0.1, 0.15) is 12.4 Å². The normalized spacial score (nSPS) is 12.6. The topological polar surface area (TPSA) is 60.0 Å². The van der Waals surface area contributed by atoms with Gasteiger partial charge in [-0.3, -0.25) is 9.37 Å². The highest BCUT2D eigenvalue weighted by Crippen LogP contribution is 2.33. The lowest BCUT2D eigenvalue weighted by molar-refractivity contribution is -0.137. The van der Waals surface area contributed by atoms with Crippen LogP contribution in [-0.2, 0) is 12.8 Å². The third-order valence-electron chi connectivity index (χ3n) is 4.66.